The molecule has 3 aromatic rings. The molecule has 1 N–H and O–H groups in total. The first-order chi connectivity index (χ1) is 17.0. The second-order valence-electron chi connectivity index (χ2n) is 8.54. The Morgan fingerprint density at radius 2 is 1.63 bits per heavy atom. The molecule has 0 aromatic heterocycles. The number of hydrogen-bond donors (Lipinski definition) is 1. The van der Waals surface area contributed by atoms with E-state index in [1.54, 1.807) is 21.3 Å². The molecule has 2 aliphatic heterocycles. The Hall–Kier alpha value is -4.20. The second kappa shape index (κ2) is 8.87. The van der Waals surface area contributed by atoms with Gasteiger partial charge in [-0.2, -0.15) is 0 Å². The first-order valence-electron chi connectivity index (χ1n) is 11.4. The zero-order chi connectivity index (χ0) is 24.6. The Morgan fingerprint density at radius 1 is 0.943 bits per heavy atom. The molecule has 1 atom stereocenters. The molecular weight excluding hydrogens is 444 g/mol. The van der Waals surface area contributed by atoms with Gasteiger partial charge in [0.15, 0.2) is 17.2 Å². The van der Waals surface area contributed by atoms with Crippen LogP contribution in [0.5, 0.6) is 17.2 Å². The third kappa shape index (κ3) is 3.71. The summed E-state index contributed by atoms with van der Waals surface area (Å²) in [6.07, 6.45) is 0.735. The van der Waals surface area contributed by atoms with Crippen molar-refractivity contribution in [2.45, 2.75) is 19.0 Å². The van der Waals surface area contributed by atoms with Crippen molar-refractivity contribution in [2.75, 3.05) is 38.2 Å². The van der Waals surface area contributed by atoms with Crippen molar-refractivity contribution >= 4 is 23.1 Å². The molecule has 0 saturated heterocycles. The van der Waals surface area contributed by atoms with E-state index in [2.05, 4.69) is 17.1 Å². The van der Waals surface area contributed by atoms with Gasteiger partial charge in [-0.05, 0) is 67.4 Å². The van der Waals surface area contributed by atoms with Crippen LogP contribution in [-0.2, 0) is 16.9 Å². The highest BCUT2D eigenvalue weighted by Crippen LogP contribution is 2.48. The number of hydrogen-bond acceptors (Lipinski definition) is 7. The summed E-state index contributed by atoms with van der Waals surface area (Å²) in [4.78, 5) is 15.5. The molecule has 0 spiro atoms. The summed E-state index contributed by atoms with van der Waals surface area (Å²) in [6.45, 7) is 2.69. The number of para-hydroxylation sites is 1. The van der Waals surface area contributed by atoms with Gasteiger partial charge in [0.05, 0.1) is 27.0 Å². The third-order valence-corrected chi connectivity index (χ3v) is 6.66. The molecule has 2 heterocycles. The number of amides is 1. The lowest BCUT2D eigenvalue weighted by molar-refractivity contribution is -0.111. The molecule has 3 aromatic carbocycles. The quantitative estimate of drug-likeness (QED) is 0.579. The number of nitrogens with one attached hydrogen (secondary N) is 1. The van der Waals surface area contributed by atoms with E-state index < -0.39 is 5.66 Å². The number of carbonyl (C=O) groups is 1. The molecule has 5 rings (SSSR count). The molecule has 2 aliphatic rings. The Bertz CT molecular complexity index is 1280. The van der Waals surface area contributed by atoms with Gasteiger partial charge in [0.1, 0.15) is 5.75 Å². The topological polar surface area (TPSA) is 75.6 Å². The molecule has 0 fully saturated rings. The second-order valence-corrected chi connectivity index (χ2v) is 8.54. The molecular formula is C27H28N4O4. The largest absolute Gasteiger partial charge is 0.497 e. The van der Waals surface area contributed by atoms with Gasteiger partial charge in [-0.15, -0.1) is 5.10 Å². The van der Waals surface area contributed by atoms with E-state index >= 15 is 0 Å². The maximum absolute atomic E-state index is 13.4. The molecule has 180 valence electrons. The number of amidine groups is 1. The average Bonchev–Trinajstić information content (AvgIpc) is 3.21. The summed E-state index contributed by atoms with van der Waals surface area (Å²) in [7, 11) is 4.89. The van der Waals surface area contributed by atoms with Crippen molar-refractivity contribution < 1.29 is 19.0 Å². The molecule has 8 nitrogen and oxygen atoms in total. The highest BCUT2D eigenvalue weighted by Gasteiger charge is 2.52. The third-order valence-electron chi connectivity index (χ3n) is 6.66. The number of fused-ring (bicyclic) bond motifs is 3. The fourth-order valence-corrected chi connectivity index (χ4v) is 4.86. The first kappa shape index (κ1) is 22.6. The number of carbonyl (C=O) groups excluding carboxylic acids is 1. The maximum atomic E-state index is 13.4. The van der Waals surface area contributed by atoms with Crippen LogP contribution < -0.4 is 24.5 Å². The number of benzene rings is 3. The van der Waals surface area contributed by atoms with Gasteiger partial charge in [0, 0.05) is 17.8 Å². The first-order valence-corrected chi connectivity index (χ1v) is 11.4. The SMILES string of the molecule is COc1ccc(N2N=C(C(=O)Nc3ccccc3)N3CCc4cc(OC)c(OC)cc4C32C)cc1. The van der Waals surface area contributed by atoms with E-state index in [0.29, 0.717) is 29.6 Å². The molecule has 0 aliphatic carbocycles. The van der Waals surface area contributed by atoms with Crippen molar-refractivity contribution in [3.8, 4) is 17.2 Å². The summed E-state index contributed by atoms with van der Waals surface area (Å²) in [5.74, 6) is 2.15. The van der Waals surface area contributed by atoms with E-state index in [4.69, 9.17) is 19.3 Å². The molecule has 0 radical (unpaired) electrons. The fraction of sp³-hybridized carbons (Fsp3) is 0.259. The van der Waals surface area contributed by atoms with Crippen LogP contribution in [0.1, 0.15) is 18.1 Å². The minimum atomic E-state index is -0.759. The van der Waals surface area contributed by atoms with Gasteiger partial charge in [0.2, 0.25) is 5.84 Å². The number of anilines is 2. The smallest absolute Gasteiger partial charge is 0.293 e. The number of rotatable bonds is 6. The van der Waals surface area contributed by atoms with Crippen LogP contribution in [0.25, 0.3) is 0 Å². The van der Waals surface area contributed by atoms with Crippen LogP contribution in [0.4, 0.5) is 11.4 Å². The minimum absolute atomic E-state index is 0.262. The van der Waals surface area contributed by atoms with Crippen molar-refractivity contribution in [1.29, 1.82) is 0 Å². The van der Waals surface area contributed by atoms with E-state index in [-0.39, 0.29) is 5.91 Å². The standard InChI is InChI=1S/C27H28N4O4/c1-27-22-17-24(35-4)23(34-3)16-18(22)14-15-30(27)25(26(32)28-19-8-6-5-7-9-19)29-31(27)20-10-12-21(33-2)13-11-20/h5-13,16-17H,14-15H2,1-4H3,(H,28,32). The summed E-state index contributed by atoms with van der Waals surface area (Å²) < 4.78 is 16.5. The highest BCUT2D eigenvalue weighted by molar-refractivity contribution is 6.42. The van der Waals surface area contributed by atoms with Crippen LogP contribution in [0.2, 0.25) is 0 Å². The normalized spacial score (nSPS) is 18.3. The Morgan fingerprint density at radius 3 is 2.29 bits per heavy atom. The molecule has 0 bridgehead atoms. The zero-order valence-corrected chi connectivity index (χ0v) is 20.2. The number of hydrazone groups is 1. The minimum Gasteiger partial charge on any atom is -0.497 e. The summed E-state index contributed by atoms with van der Waals surface area (Å²) in [5, 5.41) is 9.76. The fourth-order valence-electron chi connectivity index (χ4n) is 4.86. The number of nitrogens with zero attached hydrogens (tertiary/aromatic N) is 3. The molecule has 0 saturated carbocycles. The predicted molar refractivity (Wildman–Crippen MR) is 135 cm³/mol. The molecule has 1 amide bonds. The van der Waals surface area contributed by atoms with Gasteiger partial charge in [-0.3, -0.25) is 4.79 Å². The molecule has 35 heavy (non-hydrogen) atoms. The monoisotopic (exact) mass is 472 g/mol. The lowest BCUT2D eigenvalue weighted by Crippen LogP contribution is -2.56. The lowest BCUT2D eigenvalue weighted by atomic mass is 9.87. The lowest BCUT2D eigenvalue weighted by Gasteiger charge is -2.46. The zero-order valence-electron chi connectivity index (χ0n) is 20.2. The maximum Gasteiger partial charge on any atom is 0.293 e. The predicted octanol–water partition coefficient (Wildman–Crippen LogP) is 4.22. The van der Waals surface area contributed by atoms with Crippen molar-refractivity contribution in [1.82, 2.24) is 4.90 Å². The van der Waals surface area contributed by atoms with Crippen LogP contribution in [0.3, 0.4) is 0 Å². The van der Waals surface area contributed by atoms with Crippen LogP contribution >= 0.6 is 0 Å². The summed E-state index contributed by atoms with van der Waals surface area (Å²) in [5.41, 5.74) is 2.92. The van der Waals surface area contributed by atoms with E-state index in [1.165, 1.54) is 0 Å². The van der Waals surface area contributed by atoms with Crippen molar-refractivity contribution in [2.24, 2.45) is 5.10 Å². The van der Waals surface area contributed by atoms with Gasteiger partial charge < -0.3 is 24.4 Å². The molecule has 1 unspecified atom stereocenters. The van der Waals surface area contributed by atoms with Gasteiger partial charge in [-0.1, -0.05) is 18.2 Å². The average molecular weight is 473 g/mol. The Kier molecular flexibility index (Phi) is 5.72. The van der Waals surface area contributed by atoms with Crippen molar-refractivity contribution in [3.05, 3.63) is 77.9 Å². The van der Waals surface area contributed by atoms with E-state index in [1.807, 2.05) is 71.7 Å². The Labute approximate surface area is 204 Å². The number of ether oxygens (including phenoxy) is 3. The molecule has 8 heteroatoms. The van der Waals surface area contributed by atoms with Gasteiger partial charge in [-0.25, -0.2) is 5.01 Å². The summed E-state index contributed by atoms with van der Waals surface area (Å²) >= 11 is 0. The number of methoxy groups -OCH3 is 3. The van der Waals surface area contributed by atoms with Crippen LogP contribution in [0, 0.1) is 0 Å². The van der Waals surface area contributed by atoms with Crippen molar-refractivity contribution in [3.63, 3.8) is 0 Å². The van der Waals surface area contributed by atoms with Gasteiger partial charge in [0.25, 0.3) is 5.91 Å². The van der Waals surface area contributed by atoms with E-state index in [9.17, 15) is 4.79 Å². The van der Waals surface area contributed by atoms with Gasteiger partial charge >= 0.3 is 0 Å². The van der Waals surface area contributed by atoms with Crippen LogP contribution in [0.15, 0.2) is 71.8 Å². The van der Waals surface area contributed by atoms with E-state index in [0.717, 1.165) is 29.0 Å². The Balaban J connectivity index is 1.62. The summed E-state index contributed by atoms with van der Waals surface area (Å²) in [6, 6.07) is 21.1. The van der Waals surface area contributed by atoms with Crippen LogP contribution in [-0.4, -0.2) is 44.5 Å². The highest BCUT2D eigenvalue weighted by atomic mass is 16.5.